The van der Waals surface area contributed by atoms with Crippen LogP contribution in [0.2, 0.25) is 5.02 Å². The molecule has 1 saturated heterocycles. The summed E-state index contributed by atoms with van der Waals surface area (Å²) in [6.45, 7) is 1.34. The Bertz CT molecular complexity index is 1330. The van der Waals surface area contributed by atoms with E-state index in [2.05, 4.69) is 32.4 Å². The number of amides is 1. The van der Waals surface area contributed by atoms with Gasteiger partial charge in [-0.05, 0) is 57.3 Å². The lowest BCUT2D eigenvalue weighted by atomic mass is 10.1. The van der Waals surface area contributed by atoms with Crippen molar-refractivity contribution in [1.29, 1.82) is 0 Å². The number of fused-ring (bicyclic) bond motifs is 1. The third-order valence-corrected chi connectivity index (χ3v) is 5.54. The summed E-state index contributed by atoms with van der Waals surface area (Å²) < 4.78 is 19.2. The summed E-state index contributed by atoms with van der Waals surface area (Å²) in [5.74, 6) is 5.99. The van der Waals surface area contributed by atoms with Crippen LogP contribution in [-0.4, -0.2) is 54.1 Å². The smallest absolute Gasteiger partial charge is 0.248 e. The van der Waals surface area contributed by atoms with Gasteiger partial charge in [0.15, 0.2) is 0 Å². The number of benzene rings is 2. The summed E-state index contributed by atoms with van der Waals surface area (Å²) in [4.78, 5) is 23.3. The first-order valence-corrected chi connectivity index (χ1v) is 11.5. The average Bonchev–Trinajstić information content (AvgIpc) is 3.34. The standard InChI is InChI=1S/C26H25ClFN5O2/c1-33(2)11-3-6-25(34)32-23-15-20-24(13-17(23)7-9-19-5-4-12-35-19)29-16-30-26(20)31-18-8-10-22(28)21(27)14-18/h3,6,8,10,13-16,19H,4-5,11-12H2,1-2H3,(H,32,34)(H,29,30,31)/t19-/m0/s1. The molecular formula is C26H25ClFN5O2. The molecule has 2 aromatic carbocycles. The molecule has 0 unspecified atom stereocenters. The van der Waals surface area contributed by atoms with Crippen LogP contribution in [0, 0.1) is 17.7 Å². The van der Waals surface area contributed by atoms with E-state index in [9.17, 15) is 9.18 Å². The minimum absolute atomic E-state index is 0.00230. The maximum Gasteiger partial charge on any atom is 0.248 e. The van der Waals surface area contributed by atoms with Gasteiger partial charge in [0.2, 0.25) is 5.91 Å². The van der Waals surface area contributed by atoms with E-state index in [-0.39, 0.29) is 17.0 Å². The normalized spacial score (nSPS) is 15.4. The van der Waals surface area contributed by atoms with Gasteiger partial charge >= 0.3 is 0 Å². The number of ether oxygens (including phenoxy) is 1. The Morgan fingerprint density at radius 2 is 2.17 bits per heavy atom. The first kappa shape index (κ1) is 24.6. The van der Waals surface area contributed by atoms with Gasteiger partial charge in [0, 0.05) is 30.3 Å². The van der Waals surface area contributed by atoms with Gasteiger partial charge in [0.25, 0.3) is 0 Å². The van der Waals surface area contributed by atoms with Crippen molar-refractivity contribution in [2.45, 2.75) is 18.9 Å². The molecule has 180 valence electrons. The van der Waals surface area contributed by atoms with Gasteiger partial charge in [-0.3, -0.25) is 4.79 Å². The highest BCUT2D eigenvalue weighted by molar-refractivity contribution is 6.31. The molecule has 2 heterocycles. The Kier molecular flexibility index (Phi) is 7.93. The van der Waals surface area contributed by atoms with Gasteiger partial charge < -0.3 is 20.3 Å². The van der Waals surface area contributed by atoms with Crippen molar-refractivity contribution in [1.82, 2.24) is 14.9 Å². The number of carbonyl (C=O) groups is 1. The molecule has 9 heteroatoms. The van der Waals surface area contributed by atoms with E-state index < -0.39 is 5.82 Å². The number of nitrogens with zero attached hydrogens (tertiary/aromatic N) is 3. The quantitative estimate of drug-likeness (QED) is 0.381. The van der Waals surface area contributed by atoms with Gasteiger partial charge in [-0.1, -0.05) is 29.5 Å². The summed E-state index contributed by atoms with van der Waals surface area (Å²) >= 11 is 5.92. The topological polar surface area (TPSA) is 79.4 Å². The fourth-order valence-electron chi connectivity index (χ4n) is 3.51. The molecule has 0 saturated carbocycles. The lowest BCUT2D eigenvalue weighted by Gasteiger charge is -2.12. The summed E-state index contributed by atoms with van der Waals surface area (Å²) in [7, 11) is 3.85. The average molecular weight is 494 g/mol. The zero-order valence-electron chi connectivity index (χ0n) is 19.4. The third kappa shape index (κ3) is 6.55. The number of hydrogen-bond donors (Lipinski definition) is 2. The Morgan fingerprint density at radius 1 is 1.31 bits per heavy atom. The molecule has 1 fully saturated rings. The predicted molar refractivity (Wildman–Crippen MR) is 136 cm³/mol. The van der Waals surface area contributed by atoms with Crippen LogP contribution in [0.5, 0.6) is 0 Å². The lowest BCUT2D eigenvalue weighted by Crippen LogP contribution is -2.13. The number of carbonyl (C=O) groups excluding carboxylic acids is 1. The Hall–Kier alpha value is -3.51. The molecule has 0 radical (unpaired) electrons. The van der Waals surface area contributed by atoms with Crippen LogP contribution in [0.4, 0.5) is 21.6 Å². The van der Waals surface area contributed by atoms with Crippen LogP contribution < -0.4 is 10.6 Å². The first-order valence-electron chi connectivity index (χ1n) is 11.2. The fourth-order valence-corrected chi connectivity index (χ4v) is 3.70. The van der Waals surface area contributed by atoms with Crippen molar-refractivity contribution in [3.8, 4) is 11.8 Å². The van der Waals surface area contributed by atoms with Crippen LogP contribution in [0.1, 0.15) is 18.4 Å². The van der Waals surface area contributed by atoms with Gasteiger partial charge in [-0.15, -0.1) is 0 Å². The van der Waals surface area contributed by atoms with Gasteiger partial charge in [0.1, 0.15) is 24.1 Å². The number of halogens is 2. The molecule has 3 aromatic rings. The summed E-state index contributed by atoms with van der Waals surface area (Å²) in [5, 5.41) is 6.72. The summed E-state index contributed by atoms with van der Waals surface area (Å²) in [6.07, 6.45) is 6.43. The van der Waals surface area contributed by atoms with Crippen LogP contribution in [-0.2, 0) is 9.53 Å². The van der Waals surface area contributed by atoms with Crippen molar-refractivity contribution in [2.24, 2.45) is 0 Å². The van der Waals surface area contributed by atoms with E-state index in [1.807, 2.05) is 19.0 Å². The zero-order valence-corrected chi connectivity index (χ0v) is 20.2. The minimum atomic E-state index is -0.508. The summed E-state index contributed by atoms with van der Waals surface area (Å²) in [6, 6.07) is 7.90. The van der Waals surface area contributed by atoms with Crippen molar-refractivity contribution in [2.75, 3.05) is 37.9 Å². The van der Waals surface area contributed by atoms with Crippen molar-refractivity contribution in [3.05, 3.63) is 65.2 Å². The second-order valence-electron chi connectivity index (χ2n) is 8.32. The highest BCUT2D eigenvalue weighted by atomic mass is 35.5. The molecule has 1 aromatic heterocycles. The maximum atomic E-state index is 13.6. The number of aromatic nitrogens is 2. The van der Waals surface area contributed by atoms with Gasteiger partial charge in [-0.25, -0.2) is 14.4 Å². The highest BCUT2D eigenvalue weighted by Gasteiger charge is 2.14. The molecule has 0 bridgehead atoms. The molecule has 1 aliphatic heterocycles. The van der Waals surface area contributed by atoms with E-state index in [4.69, 9.17) is 16.3 Å². The Labute approximate surface area is 208 Å². The second kappa shape index (κ2) is 11.3. The Morgan fingerprint density at radius 3 is 2.91 bits per heavy atom. The molecular weight excluding hydrogens is 469 g/mol. The molecule has 1 aliphatic rings. The van der Waals surface area contributed by atoms with Crippen LogP contribution in [0.3, 0.4) is 0 Å². The van der Waals surface area contributed by atoms with Gasteiger partial charge in [0.05, 0.1) is 21.8 Å². The van der Waals surface area contributed by atoms with Crippen LogP contribution in [0.15, 0.2) is 48.8 Å². The maximum absolute atomic E-state index is 13.6. The molecule has 7 nitrogen and oxygen atoms in total. The number of anilines is 3. The number of likely N-dealkylation sites (N-methyl/N-ethyl adjacent to an activating group) is 1. The number of hydrogen-bond acceptors (Lipinski definition) is 6. The van der Waals surface area contributed by atoms with Crippen molar-refractivity contribution >= 4 is 45.6 Å². The largest absolute Gasteiger partial charge is 0.366 e. The van der Waals surface area contributed by atoms with E-state index in [0.717, 1.165) is 12.8 Å². The molecule has 4 rings (SSSR count). The van der Waals surface area contributed by atoms with Crippen LogP contribution >= 0.6 is 11.6 Å². The first-order chi connectivity index (χ1) is 16.9. The molecule has 1 amide bonds. The second-order valence-corrected chi connectivity index (χ2v) is 8.72. The highest BCUT2D eigenvalue weighted by Crippen LogP contribution is 2.30. The van der Waals surface area contributed by atoms with Crippen molar-refractivity contribution in [3.63, 3.8) is 0 Å². The lowest BCUT2D eigenvalue weighted by molar-refractivity contribution is -0.111. The van der Waals surface area contributed by atoms with E-state index in [1.165, 1.54) is 24.5 Å². The molecule has 0 spiro atoms. The monoisotopic (exact) mass is 493 g/mol. The van der Waals surface area contributed by atoms with Crippen LogP contribution in [0.25, 0.3) is 10.9 Å². The third-order valence-electron chi connectivity index (χ3n) is 5.25. The van der Waals surface area contributed by atoms with E-state index in [1.54, 1.807) is 24.3 Å². The molecule has 0 aliphatic carbocycles. The SMILES string of the molecule is CN(C)CC=CC(=O)Nc1cc2c(Nc3ccc(F)c(Cl)c3)ncnc2cc1C#C[C@@H]1CCCO1. The summed E-state index contributed by atoms with van der Waals surface area (Å²) in [5.41, 5.74) is 2.35. The van der Waals surface area contributed by atoms with Crippen molar-refractivity contribution < 1.29 is 13.9 Å². The van der Waals surface area contributed by atoms with E-state index in [0.29, 0.717) is 46.8 Å². The van der Waals surface area contributed by atoms with E-state index >= 15 is 0 Å². The van der Waals surface area contributed by atoms with Gasteiger partial charge in [-0.2, -0.15) is 0 Å². The Balaban J connectivity index is 1.71. The number of nitrogens with one attached hydrogen (secondary N) is 2. The zero-order chi connectivity index (χ0) is 24.8. The number of rotatable bonds is 6. The minimum Gasteiger partial charge on any atom is -0.366 e. The molecule has 2 N–H and O–H groups in total. The predicted octanol–water partition coefficient (Wildman–Crippen LogP) is 4.75. The molecule has 35 heavy (non-hydrogen) atoms. The molecule has 1 atom stereocenters. The fraction of sp³-hybridized carbons (Fsp3) is 0.269.